The van der Waals surface area contributed by atoms with E-state index >= 15 is 0 Å². The molecule has 0 aliphatic carbocycles. The molecule has 2 aromatic heterocycles. The molecule has 2 heterocycles. The Bertz CT molecular complexity index is 1400. The van der Waals surface area contributed by atoms with Gasteiger partial charge in [0.2, 0.25) is 0 Å². The molecule has 36 heavy (non-hydrogen) atoms. The molecule has 2 N–H and O–H groups in total. The molecule has 0 aliphatic rings. The highest BCUT2D eigenvalue weighted by Gasteiger charge is 2.11. The lowest BCUT2D eigenvalue weighted by atomic mass is 10.1. The predicted molar refractivity (Wildman–Crippen MR) is 141 cm³/mol. The summed E-state index contributed by atoms with van der Waals surface area (Å²) in [6, 6.07) is 13.2. The maximum Gasteiger partial charge on any atom is 0.328 e. The smallest absolute Gasteiger partial charge is 0.328 e. The number of carboxylic acids is 1. The number of nitrogens with one attached hydrogen (secondary N) is 1. The molecule has 4 rings (SSSR count). The van der Waals surface area contributed by atoms with Crippen molar-refractivity contribution in [3.63, 3.8) is 0 Å². The number of hydrogen-bond acceptors (Lipinski definition) is 8. The lowest BCUT2D eigenvalue weighted by Crippen LogP contribution is -2.13. The SMILES string of the molecule is COc1ccc2nc(Nc3ncnc4cc(OCCCCN(C)C)c(C=CC(=O)O)cc34)ccc2c1. The zero-order chi connectivity index (χ0) is 25.5. The fourth-order valence-corrected chi connectivity index (χ4v) is 3.75. The number of carbonyl (C=O) groups is 1. The number of anilines is 2. The summed E-state index contributed by atoms with van der Waals surface area (Å²) >= 11 is 0. The molecule has 0 spiro atoms. The van der Waals surface area contributed by atoms with Crippen LogP contribution in [0.4, 0.5) is 11.6 Å². The summed E-state index contributed by atoms with van der Waals surface area (Å²) in [6.07, 6.45) is 5.98. The van der Waals surface area contributed by atoms with Gasteiger partial charge in [-0.15, -0.1) is 0 Å². The highest BCUT2D eigenvalue weighted by molar-refractivity contribution is 5.95. The number of aliphatic carboxylic acids is 1. The first-order chi connectivity index (χ1) is 17.4. The van der Waals surface area contributed by atoms with Crippen LogP contribution in [0.15, 0.2) is 54.9 Å². The third-order valence-electron chi connectivity index (χ3n) is 5.57. The van der Waals surface area contributed by atoms with Crippen LogP contribution in [-0.2, 0) is 4.79 Å². The Hall–Kier alpha value is -4.24. The van der Waals surface area contributed by atoms with Gasteiger partial charge in [-0.1, -0.05) is 0 Å². The van der Waals surface area contributed by atoms with Crippen molar-refractivity contribution in [3.05, 3.63) is 60.4 Å². The molecule has 0 saturated carbocycles. The molecule has 0 aliphatic heterocycles. The highest BCUT2D eigenvalue weighted by atomic mass is 16.5. The summed E-state index contributed by atoms with van der Waals surface area (Å²) in [6.45, 7) is 1.50. The van der Waals surface area contributed by atoms with Crippen LogP contribution in [0.25, 0.3) is 27.9 Å². The Labute approximate surface area is 209 Å². The molecule has 4 aromatic rings. The van der Waals surface area contributed by atoms with Crippen LogP contribution in [0, 0.1) is 0 Å². The minimum absolute atomic E-state index is 0.523. The van der Waals surface area contributed by atoms with Gasteiger partial charge >= 0.3 is 5.97 Å². The summed E-state index contributed by atoms with van der Waals surface area (Å²) in [5.74, 6) is 1.49. The van der Waals surface area contributed by atoms with Gasteiger partial charge in [0.25, 0.3) is 0 Å². The van der Waals surface area contributed by atoms with E-state index in [0.717, 1.165) is 47.5 Å². The topological polar surface area (TPSA) is 110 Å². The van der Waals surface area contributed by atoms with Crippen LogP contribution in [0.2, 0.25) is 0 Å². The van der Waals surface area contributed by atoms with Gasteiger partial charge in [-0.3, -0.25) is 0 Å². The Morgan fingerprint density at radius 1 is 1.08 bits per heavy atom. The summed E-state index contributed by atoms with van der Waals surface area (Å²) in [4.78, 5) is 26.8. The number of ether oxygens (including phenoxy) is 2. The lowest BCUT2D eigenvalue weighted by Gasteiger charge is -2.14. The molecule has 0 bridgehead atoms. The van der Waals surface area contributed by atoms with Gasteiger partial charge in [-0.25, -0.2) is 19.7 Å². The van der Waals surface area contributed by atoms with Gasteiger partial charge in [0.05, 0.1) is 24.8 Å². The van der Waals surface area contributed by atoms with Crippen LogP contribution in [0.5, 0.6) is 11.5 Å². The van der Waals surface area contributed by atoms with E-state index < -0.39 is 5.97 Å². The minimum atomic E-state index is -1.04. The first-order valence-electron chi connectivity index (χ1n) is 11.6. The van der Waals surface area contributed by atoms with Crippen LogP contribution >= 0.6 is 0 Å². The zero-order valence-corrected chi connectivity index (χ0v) is 20.6. The third kappa shape index (κ3) is 6.25. The fraction of sp³-hybridized carbons (Fsp3) is 0.259. The minimum Gasteiger partial charge on any atom is -0.497 e. The standard InChI is InChI=1S/C27H29N5O4/c1-32(2)12-4-5-13-36-24-16-23-21(15-19(24)7-11-26(33)34)27(29-17-28-23)31-25-10-6-18-14-20(35-3)8-9-22(18)30-25/h6-11,14-17H,4-5,12-13H2,1-3H3,(H,33,34)(H,28,29,30,31). The molecule has 0 atom stereocenters. The number of nitrogens with zero attached hydrogens (tertiary/aromatic N) is 4. The van der Waals surface area contributed by atoms with E-state index in [1.165, 1.54) is 12.4 Å². The molecule has 0 radical (unpaired) electrons. The Morgan fingerprint density at radius 3 is 2.72 bits per heavy atom. The van der Waals surface area contributed by atoms with Crippen LogP contribution in [0.3, 0.4) is 0 Å². The van der Waals surface area contributed by atoms with E-state index in [4.69, 9.17) is 14.6 Å². The number of unbranched alkanes of at least 4 members (excludes halogenated alkanes) is 1. The second kappa shape index (κ2) is 11.5. The molecular weight excluding hydrogens is 458 g/mol. The van der Waals surface area contributed by atoms with E-state index in [2.05, 4.69) is 25.2 Å². The normalized spacial score (nSPS) is 11.4. The molecule has 186 valence electrons. The van der Waals surface area contributed by atoms with Crippen LogP contribution in [-0.4, -0.2) is 65.3 Å². The number of methoxy groups -OCH3 is 1. The molecule has 9 heteroatoms. The van der Waals surface area contributed by atoms with Crippen molar-refractivity contribution in [2.45, 2.75) is 12.8 Å². The maximum atomic E-state index is 11.2. The zero-order valence-electron chi connectivity index (χ0n) is 20.6. The average molecular weight is 488 g/mol. The predicted octanol–water partition coefficient (Wildman–Crippen LogP) is 4.75. The quantitative estimate of drug-likeness (QED) is 0.229. The number of fused-ring (bicyclic) bond motifs is 2. The molecule has 2 aromatic carbocycles. The largest absolute Gasteiger partial charge is 0.497 e. The monoisotopic (exact) mass is 487 g/mol. The van der Waals surface area contributed by atoms with Gasteiger partial charge in [-0.2, -0.15) is 0 Å². The van der Waals surface area contributed by atoms with Crippen LogP contribution in [0.1, 0.15) is 18.4 Å². The van der Waals surface area contributed by atoms with E-state index in [1.54, 1.807) is 7.11 Å². The van der Waals surface area contributed by atoms with Gasteiger partial charge < -0.3 is 24.8 Å². The Balaban J connectivity index is 1.63. The number of benzene rings is 2. The summed E-state index contributed by atoms with van der Waals surface area (Å²) in [7, 11) is 5.70. The number of rotatable bonds is 11. The number of carboxylic acid groups (broad SMARTS) is 1. The molecule has 0 saturated heterocycles. The van der Waals surface area contributed by atoms with E-state index in [9.17, 15) is 4.79 Å². The van der Waals surface area contributed by atoms with Crippen molar-refractivity contribution < 1.29 is 19.4 Å². The Kier molecular flexibility index (Phi) is 7.92. The van der Waals surface area contributed by atoms with E-state index in [-0.39, 0.29) is 0 Å². The van der Waals surface area contributed by atoms with Crippen molar-refractivity contribution in [2.75, 3.05) is 39.7 Å². The first kappa shape index (κ1) is 24.9. The summed E-state index contributed by atoms with van der Waals surface area (Å²) in [5, 5.41) is 14.1. The second-order valence-corrected chi connectivity index (χ2v) is 8.54. The average Bonchev–Trinajstić information content (AvgIpc) is 2.86. The third-order valence-corrected chi connectivity index (χ3v) is 5.57. The van der Waals surface area contributed by atoms with Crippen LogP contribution < -0.4 is 14.8 Å². The van der Waals surface area contributed by atoms with Gasteiger partial charge in [0, 0.05) is 28.5 Å². The Morgan fingerprint density at radius 2 is 1.94 bits per heavy atom. The summed E-state index contributed by atoms with van der Waals surface area (Å²) in [5.41, 5.74) is 2.12. The van der Waals surface area contributed by atoms with Crippen molar-refractivity contribution in [1.29, 1.82) is 0 Å². The molecule has 0 unspecified atom stereocenters. The van der Waals surface area contributed by atoms with E-state index in [1.807, 2.05) is 56.6 Å². The number of hydrogen-bond donors (Lipinski definition) is 2. The lowest BCUT2D eigenvalue weighted by molar-refractivity contribution is -0.131. The molecular formula is C27H29N5O4. The molecule has 9 nitrogen and oxygen atoms in total. The van der Waals surface area contributed by atoms with E-state index in [0.29, 0.717) is 35.1 Å². The van der Waals surface area contributed by atoms with Crippen molar-refractivity contribution in [1.82, 2.24) is 19.9 Å². The number of aromatic nitrogens is 3. The second-order valence-electron chi connectivity index (χ2n) is 8.54. The maximum absolute atomic E-state index is 11.2. The fourth-order valence-electron chi connectivity index (χ4n) is 3.75. The van der Waals surface area contributed by atoms with Crippen molar-refractivity contribution >= 4 is 45.5 Å². The van der Waals surface area contributed by atoms with Gasteiger partial charge in [0.1, 0.15) is 29.5 Å². The molecule has 0 fully saturated rings. The van der Waals surface area contributed by atoms with Crippen molar-refractivity contribution in [3.8, 4) is 11.5 Å². The van der Waals surface area contributed by atoms with Crippen molar-refractivity contribution in [2.24, 2.45) is 0 Å². The first-order valence-corrected chi connectivity index (χ1v) is 11.6. The summed E-state index contributed by atoms with van der Waals surface area (Å²) < 4.78 is 11.3. The number of pyridine rings is 1. The van der Waals surface area contributed by atoms with Gasteiger partial charge in [-0.05, 0) is 76.0 Å². The molecule has 0 amide bonds. The highest BCUT2D eigenvalue weighted by Crippen LogP contribution is 2.31. The van der Waals surface area contributed by atoms with Gasteiger partial charge in [0.15, 0.2) is 0 Å².